The van der Waals surface area contributed by atoms with E-state index in [0.29, 0.717) is 25.9 Å². The van der Waals surface area contributed by atoms with Crippen molar-refractivity contribution in [3.05, 3.63) is 66.0 Å². The van der Waals surface area contributed by atoms with Crippen LogP contribution >= 0.6 is 0 Å². The lowest BCUT2D eigenvalue weighted by Crippen LogP contribution is -2.37. The van der Waals surface area contributed by atoms with Gasteiger partial charge in [-0.1, -0.05) is 42.5 Å². The first-order valence-electron chi connectivity index (χ1n) is 10.4. The Balaban J connectivity index is 1.26. The molecule has 1 aromatic heterocycles. The Morgan fingerprint density at radius 3 is 2.58 bits per heavy atom. The summed E-state index contributed by atoms with van der Waals surface area (Å²) in [5.74, 6) is 0.243. The molecular formula is C23H25N5O3. The topological polar surface area (TPSA) is 96.3 Å². The summed E-state index contributed by atoms with van der Waals surface area (Å²) in [6, 6.07) is 16.3. The van der Waals surface area contributed by atoms with E-state index in [1.54, 1.807) is 0 Å². The maximum atomic E-state index is 12.6. The molecule has 1 atom stereocenters. The van der Waals surface area contributed by atoms with E-state index in [2.05, 4.69) is 15.6 Å². The van der Waals surface area contributed by atoms with Crippen molar-refractivity contribution in [1.29, 1.82) is 0 Å². The molecule has 0 unspecified atom stereocenters. The Kier molecular flexibility index (Phi) is 5.97. The third-order valence-electron chi connectivity index (χ3n) is 5.51. The minimum absolute atomic E-state index is 0.0745. The lowest BCUT2D eigenvalue weighted by atomic mass is 10.1. The standard InChI is InChI=1S/C23H25N5O3/c1-27-19-10-6-5-9-17(19)25-20(27)11-13-24-21(29)15-18-22(30)28(23(31)26-18)14-12-16-7-3-2-4-8-16/h2-10,18H,11-15H2,1H3,(H,24,29)(H,26,31)/t18-/m1/s1. The number of benzene rings is 2. The first-order chi connectivity index (χ1) is 15.0. The number of fused-ring (bicyclic) bond motifs is 1. The highest BCUT2D eigenvalue weighted by molar-refractivity contribution is 6.05. The molecule has 2 aromatic carbocycles. The molecular weight excluding hydrogens is 394 g/mol. The summed E-state index contributed by atoms with van der Waals surface area (Å²) in [5.41, 5.74) is 3.01. The van der Waals surface area contributed by atoms with Crippen LogP contribution in [0.2, 0.25) is 0 Å². The quantitative estimate of drug-likeness (QED) is 0.544. The second-order valence-electron chi connectivity index (χ2n) is 7.61. The minimum Gasteiger partial charge on any atom is -0.356 e. The number of hydrogen-bond donors (Lipinski definition) is 2. The number of aryl methyl sites for hydroxylation is 1. The Bertz CT molecular complexity index is 1110. The molecule has 4 amide bonds. The summed E-state index contributed by atoms with van der Waals surface area (Å²) in [7, 11) is 1.95. The molecule has 0 spiro atoms. The third kappa shape index (κ3) is 4.58. The summed E-state index contributed by atoms with van der Waals surface area (Å²) in [4.78, 5) is 42.8. The fraction of sp³-hybridized carbons (Fsp3) is 0.304. The smallest absolute Gasteiger partial charge is 0.324 e. The van der Waals surface area contributed by atoms with Gasteiger partial charge < -0.3 is 15.2 Å². The first-order valence-corrected chi connectivity index (χ1v) is 10.4. The van der Waals surface area contributed by atoms with Crippen LogP contribution in [0.1, 0.15) is 17.8 Å². The molecule has 2 N–H and O–H groups in total. The van der Waals surface area contributed by atoms with E-state index in [0.717, 1.165) is 22.4 Å². The lowest BCUT2D eigenvalue weighted by Gasteiger charge is -2.13. The molecule has 3 aromatic rings. The number of aromatic nitrogens is 2. The van der Waals surface area contributed by atoms with Crippen molar-refractivity contribution in [2.75, 3.05) is 13.1 Å². The Morgan fingerprint density at radius 1 is 1.06 bits per heavy atom. The molecule has 1 aliphatic heterocycles. The number of carbonyl (C=O) groups excluding carboxylic acids is 3. The van der Waals surface area contributed by atoms with Crippen LogP contribution in [0.5, 0.6) is 0 Å². The average Bonchev–Trinajstić information content (AvgIpc) is 3.23. The van der Waals surface area contributed by atoms with Gasteiger partial charge in [-0.3, -0.25) is 14.5 Å². The van der Waals surface area contributed by atoms with E-state index < -0.39 is 12.1 Å². The first kappa shape index (κ1) is 20.6. The van der Waals surface area contributed by atoms with Gasteiger partial charge in [0.1, 0.15) is 11.9 Å². The number of para-hydroxylation sites is 2. The number of urea groups is 1. The Labute approximate surface area is 180 Å². The number of carbonyl (C=O) groups is 3. The second kappa shape index (κ2) is 8.99. The zero-order valence-electron chi connectivity index (χ0n) is 17.4. The van der Waals surface area contributed by atoms with Gasteiger partial charge >= 0.3 is 6.03 Å². The van der Waals surface area contributed by atoms with Gasteiger partial charge in [-0.15, -0.1) is 0 Å². The number of nitrogens with zero attached hydrogens (tertiary/aromatic N) is 3. The van der Waals surface area contributed by atoms with Gasteiger partial charge in [0, 0.05) is 26.6 Å². The van der Waals surface area contributed by atoms with Gasteiger partial charge in [-0.05, 0) is 24.1 Å². The van der Waals surface area contributed by atoms with Crippen LogP contribution in [0.15, 0.2) is 54.6 Å². The second-order valence-corrected chi connectivity index (χ2v) is 7.61. The van der Waals surface area contributed by atoms with E-state index in [1.807, 2.05) is 66.2 Å². The molecule has 0 aliphatic carbocycles. The Morgan fingerprint density at radius 2 is 1.81 bits per heavy atom. The van der Waals surface area contributed by atoms with Gasteiger partial charge in [0.2, 0.25) is 5.91 Å². The molecule has 2 heterocycles. The predicted molar refractivity (Wildman–Crippen MR) is 116 cm³/mol. The molecule has 0 saturated carbocycles. The summed E-state index contributed by atoms with van der Waals surface area (Å²) < 4.78 is 2.01. The fourth-order valence-electron chi connectivity index (χ4n) is 3.80. The summed E-state index contributed by atoms with van der Waals surface area (Å²) in [5, 5.41) is 5.44. The molecule has 0 radical (unpaired) electrons. The van der Waals surface area contributed by atoms with Crippen molar-refractivity contribution in [1.82, 2.24) is 25.1 Å². The van der Waals surface area contributed by atoms with Crippen molar-refractivity contribution >= 4 is 28.9 Å². The normalized spacial score (nSPS) is 16.0. The largest absolute Gasteiger partial charge is 0.356 e. The molecule has 4 rings (SSSR count). The van der Waals surface area contributed by atoms with Crippen molar-refractivity contribution in [3.8, 4) is 0 Å². The number of rotatable bonds is 8. The van der Waals surface area contributed by atoms with Crippen LogP contribution in [-0.2, 0) is 29.5 Å². The van der Waals surface area contributed by atoms with Crippen LogP contribution in [0.3, 0.4) is 0 Å². The van der Waals surface area contributed by atoms with E-state index in [-0.39, 0.29) is 18.2 Å². The van der Waals surface area contributed by atoms with Crippen molar-refractivity contribution in [3.63, 3.8) is 0 Å². The zero-order chi connectivity index (χ0) is 21.8. The van der Waals surface area contributed by atoms with E-state index >= 15 is 0 Å². The van der Waals surface area contributed by atoms with Crippen LogP contribution in [-0.4, -0.2) is 51.4 Å². The van der Waals surface area contributed by atoms with Gasteiger partial charge in [0.25, 0.3) is 5.91 Å². The van der Waals surface area contributed by atoms with Crippen molar-refractivity contribution in [2.45, 2.75) is 25.3 Å². The summed E-state index contributed by atoms with van der Waals surface area (Å²) >= 11 is 0. The maximum absolute atomic E-state index is 12.6. The van der Waals surface area contributed by atoms with Crippen LogP contribution < -0.4 is 10.6 Å². The minimum atomic E-state index is -0.820. The average molecular weight is 419 g/mol. The van der Waals surface area contributed by atoms with E-state index in [4.69, 9.17) is 0 Å². The highest BCUT2D eigenvalue weighted by Gasteiger charge is 2.38. The highest BCUT2D eigenvalue weighted by atomic mass is 16.2. The number of hydrogen-bond acceptors (Lipinski definition) is 4. The van der Waals surface area contributed by atoms with E-state index in [9.17, 15) is 14.4 Å². The maximum Gasteiger partial charge on any atom is 0.324 e. The van der Waals surface area contributed by atoms with Gasteiger partial charge in [-0.25, -0.2) is 9.78 Å². The number of imide groups is 1. The molecule has 0 bridgehead atoms. The monoisotopic (exact) mass is 419 g/mol. The predicted octanol–water partition coefficient (Wildman–Crippen LogP) is 1.79. The SMILES string of the molecule is Cn1c(CCNC(=O)C[C@H]2NC(=O)N(CCc3ccccc3)C2=O)nc2ccccc21. The van der Waals surface area contributed by atoms with Crippen molar-refractivity contribution in [2.24, 2.45) is 7.05 Å². The molecule has 8 heteroatoms. The molecule has 31 heavy (non-hydrogen) atoms. The fourth-order valence-corrected chi connectivity index (χ4v) is 3.80. The molecule has 160 valence electrons. The summed E-state index contributed by atoms with van der Waals surface area (Å²) in [6.45, 7) is 0.697. The van der Waals surface area contributed by atoms with Gasteiger partial charge in [0.15, 0.2) is 0 Å². The molecule has 1 aliphatic rings. The van der Waals surface area contributed by atoms with Gasteiger partial charge in [-0.2, -0.15) is 0 Å². The number of nitrogens with one attached hydrogen (secondary N) is 2. The molecule has 1 fully saturated rings. The lowest BCUT2D eigenvalue weighted by molar-refractivity contribution is -0.130. The van der Waals surface area contributed by atoms with Crippen LogP contribution in [0, 0.1) is 0 Å². The molecule has 8 nitrogen and oxygen atoms in total. The number of imidazole rings is 1. The highest BCUT2D eigenvalue weighted by Crippen LogP contribution is 2.14. The number of amides is 4. The van der Waals surface area contributed by atoms with Crippen LogP contribution in [0.4, 0.5) is 4.79 Å². The van der Waals surface area contributed by atoms with Crippen LogP contribution in [0.25, 0.3) is 11.0 Å². The van der Waals surface area contributed by atoms with E-state index in [1.165, 1.54) is 4.90 Å². The zero-order valence-corrected chi connectivity index (χ0v) is 17.4. The molecule has 1 saturated heterocycles. The van der Waals surface area contributed by atoms with Gasteiger partial charge in [0.05, 0.1) is 17.5 Å². The Hall–Kier alpha value is -3.68. The third-order valence-corrected chi connectivity index (χ3v) is 5.51. The summed E-state index contributed by atoms with van der Waals surface area (Å²) in [6.07, 6.45) is 1.08. The van der Waals surface area contributed by atoms with Crippen molar-refractivity contribution < 1.29 is 14.4 Å².